The minimum Gasteiger partial charge on any atom is -0.288 e. The first-order chi connectivity index (χ1) is 6.00. The minimum absolute atomic E-state index is 0.502. The normalized spacial score (nSPS) is 10.5. The molecule has 0 saturated heterocycles. The first-order valence-electron chi connectivity index (χ1n) is 3.29. The SMILES string of the molecule is O=C(c1cc(F)cc(F)c1)C(F)F. The van der Waals surface area contributed by atoms with Crippen LogP contribution in [0.2, 0.25) is 0 Å². The zero-order chi connectivity index (χ0) is 10.0. The van der Waals surface area contributed by atoms with Crippen LogP contribution in [0.4, 0.5) is 17.6 Å². The van der Waals surface area contributed by atoms with E-state index in [-0.39, 0.29) is 0 Å². The van der Waals surface area contributed by atoms with E-state index in [1.165, 1.54) is 0 Å². The van der Waals surface area contributed by atoms with Crippen molar-refractivity contribution in [3.8, 4) is 0 Å². The van der Waals surface area contributed by atoms with Crippen LogP contribution in [0.5, 0.6) is 0 Å². The minimum atomic E-state index is -3.25. The molecule has 0 aliphatic carbocycles. The van der Waals surface area contributed by atoms with Gasteiger partial charge in [-0.3, -0.25) is 4.79 Å². The number of hydrogen-bond donors (Lipinski definition) is 0. The van der Waals surface area contributed by atoms with Gasteiger partial charge in [0, 0.05) is 11.6 Å². The predicted octanol–water partition coefficient (Wildman–Crippen LogP) is 2.41. The molecule has 0 amide bonds. The van der Waals surface area contributed by atoms with Gasteiger partial charge in [0.25, 0.3) is 0 Å². The van der Waals surface area contributed by atoms with Gasteiger partial charge in [-0.05, 0) is 12.1 Å². The molecule has 0 radical (unpaired) electrons. The Morgan fingerprint density at radius 3 is 1.92 bits per heavy atom. The molecule has 0 aromatic heterocycles. The summed E-state index contributed by atoms with van der Waals surface area (Å²) >= 11 is 0. The van der Waals surface area contributed by atoms with E-state index in [1.807, 2.05) is 0 Å². The van der Waals surface area contributed by atoms with Gasteiger partial charge in [-0.15, -0.1) is 0 Å². The Balaban J connectivity index is 3.08. The van der Waals surface area contributed by atoms with Gasteiger partial charge in [-0.2, -0.15) is 0 Å². The van der Waals surface area contributed by atoms with Gasteiger partial charge in [0.2, 0.25) is 5.78 Å². The second-order valence-corrected chi connectivity index (χ2v) is 2.32. The molecule has 13 heavy (non-hydrogen) atoms. The van der Waals surface area contributed by atoms with Crippen molar-refractivity contribution >= 4 is 5.78 Å². The molecule has 0 aliphatic rings. The van der Waals surface area contributed by atoms with E-state index in [4.69, 9.17) is 0 Å². The van der Waals surface area contributed by atoms with Crippen LogP contribution in [-0.2, 0) is 0 Å². The van der Waals surface area contributed by atoms with Gasteiger partial charge >= 0.3 is 6.43 Å². The highest BCUT2D eigenvalue weighted by molar-refractivity contribution is 5.98. The maximum absolute atomic E-state index is 12.4. The van der Waals surface area contributed by atoms with Gasteiger partial charge in [0.05, 0.1) is 0 Å². The molecule has 1 nitrogen and oxygen atoms in total. The summed E-state index contributed by atoms with van der Waals surface area (Å²) in [7, 11) is 0. The van der Waals surface area contributed by atoms with Crippen LogP contribution in [0.3, 0.4) is 0 Å². The van der Waals surface area contributed by atoms with Crippen LogP contribution >= 0.6 is 0 Å². The molecule has 1 aromatic rings. The average Bonchev–Trinajstić information content (AvgIpc) is 2.01. The quantitative estimate of drug-likeness (QED) is 0.519. The van der Waals surface area contributed by atoms with Gasteiger partial charge in [-0.1, -0.05) is 0 Å². The molecule has 1 rings (SSSR count). The van der Waals surface area contributed by atoms with Crippen molar-refractivity contribution in [2.45, 2.75) is 6.43 Å². The van der Waals surface area contributed by atoms with E-state index in [2.05, 4.69) is 0 Å². The highest BCUT2D eigenvalue weighted by Gasteiger charge is 2.18. The van der Waals surface area contributed by atoms with E-state index in [9.17, 15) is 22.4 Å². The maximum Gasteiger partial charge on any atom is 0.300 e. The third-order valence-electron chi connectivity index (χ3n) is 1.35. The Kier molecular flexibility index (Phi) is 2.65. The first-order valence-corrected chi connectivity index (χ1v) is 3.29. The number of ketones is 1. The van der Waals surface area contributed by atoms with Gasteiger partial charge in [-0.25, -0.2) is 17.6 Å². The van der Waals surface area contributed by atoms with Crippen molar-refractivity contribution in [3.05, 3.63) is 35.4 Å². The summed E-state index contributed by atoms with van der Waals surface area (Å²) in [4.78, 5) is 10.6. The van der Waals surface area contributed by atoms with E-state index in [0.717, 1.165) is 0 Å². The maximum atomic E-state index is 12.4. The highest BCUT2D eigenvalue weighted by Crippen LogP contribution is 2.11. The monoisotopic (exact) mass is 192 g/mol. The van der Waals surface area contributed by atoms with Crippen LogP contribution in [0.1, 0.15) is 10.4 Å². The summed E-state index contributed by atoms with van der Waals surface area (Å²) in [5, 5.41) is 0. The third kappa shape index (κ3) is 2.27. The van der Waals surface area contributed by atoms with Crippen molar-refractivity contribution in [2.24, 2.45) is 0 Å². The van der Waals surface area contributed by atoms with Crippen LogP contribution in [0, 0.1) is 11.6 Å². The van der Waals surface area contributed by atoms with Gasteiger partial charge in [0.1, 0.15) is 11.6 Å². The Morgan fingerprint density at radius 2 is 1.54 bits per heavy atom. The second kappa shape index (κ2) is 3.55. The van der Waals surface area contributed by atoms with Crippen LogP contribution < -0.4 is 0 Å². The fourth-order valence-corrected chi connectivity index (χ4v) is 0.822. The van der Waals surface area contributed by atoms with Crippen LogP contribution in [0.25, 0.3) is 0 Å². The van der Waals surface area contributed by atoms with Crippen molar-refractivity contribution in [2.75, 3.05) is 0 Å². The smallest absolute Gasteiger partial charge is 0.288 e. The predicted molar refractivity (Wildman–Crippen MR) is 36.7 cm³/mol. The molecule has 0 aliphatic heterocycles. The van der Waals surface area contributed by atoms with E-state index < -0.39 is 29.4 Å². The fraction of sp³-hybridized carbons (Fsp3) is 0.125. The highest BCUT2D eigenvalue weighted by atomic mass is 19.3. The summed E-state index contributed by atoms with van der Waals surface area (Å²) in [6, 6.07) is 1.64. The summed E-state index contributed by atoms with van der Waals surface area (Å²) < 4.78 is 48.4. The molecule has 0 atom stereocenters. The van der Waals surface area contributed by atoms with E-state index in [0.29, 0.717) is 18.2 Å². The molecule has 0 saturated carbocycles. The number of carbonyl (C=O) groups is 1. The number of alkyl halides is 2. The lowest BCUT2D eigenvalue weighted by Gasteiger charge is -1.99. The van der Waals surface area contributed by atoms with Crippen molar-refractivity contribution < 1.29 is 22.4 Å². The Hall–Kier alpha value is -1.39. The lowest BCUT2D eigenvalue weighted by molar-refractivity contribution is 0.0678. The number of hydrogen-bond acceptors (Lipinski definition) is 1. The molecular formula is C8H4F4O. The second-order valence-electron chi connectivity index (χ2n) is 2.32. The van der Waals surface area contributed by atoms with Gasteiger partial charge in [0.15, 0.2) is 0 Å². The molecule has 70 valence electrons. The first kappa shape index (κ1) is 9.70. The standard InChI is InChI=1S/C8H4F4O/c9-5-1-4(2-6(10)3-5)7(13)8(11)12/h1-3,8H. The van der Waals surface area contributed by atoms with E-state index >= 15 is 0 Å². The topological polar surface area (TPSA) is 17.1 Å². The Bertz CT molecular complexity index is 315. The van der Waals surface area contributed by atoms with E-state index in [1.54, 1.807) is 0 Å². The van der Waals surface area contributed by atoms with Crippen LogP contribution in [-0.4, -0.2) is 12.2 Å². The molecule has 0 bridgehead atoms. The molecule has 1 aromatic carbocycles. The molecule has 0 N–H and O–H groups in total. The van der Waals surface area contributed by atoms with Crippen molar-refractivity contribution in [3.63, 3.8) is 0 Å². The molecule has 0 fully saturated rings. The molecule has 0 heterocycles. The third-order valence-corrected chi connectivity index (χ3v) is 1.35. The Labute approximate surface area is 71.0 Å². The average molecular weight is 192 g/mol. The lowest BCUT2D eigenvalue weighted by Crippen LogP contribution is -2.10. The number of benzene rings is 1. The largest absolute Gasteiger partial charge is 0.300 e. The summed E-state index contributed by atoms with van der Waals surface area (Å²) in [6.07, 6.45) is -3.25. The fourth-order valence-electron chi connectivity index (χ4n) is 0.822. The van der Waals surface area contributed by atoms with Crippen LogP contribution in [0.15, 0.2) is 18.2 Å². The van der Waals surface area contributed by atoms with Gasteiger partial charge < -0.3 is 0 Å². The number of Topliss-reactive ketones (excluding diaryl/α,β-unsaturated/α-hetero) is 1. The lowest BCUT2D eigenvalue weighted by atomic mass is 10.1. The number of halogens is 4. The molecule has 0 spiro atoms. The van der Waals surface area contributed by atoms with Crippen molar-refractivity contribution in [1.82, 2.24) is 0 Å². The zero-order valence-corrected chi connectivity index (χ0v) is 6.23. The summed E-state index contributed by atoms with van der Waals surface area (Å²) in [5.41, 5.74) is -0.660. The molecule has 5 heteroatoms. The zero-order valence-electron chi connectivity index (χ0n) is 6.23. The summed E-state index contributed by atoms with van der Waals surface area (Å²) in [6.45, 7) is 0. The molecule has 0 unspecified atom stereocenters. The number of rotatable bonds is 2. The number of carbonyl (C=O) groups excluding carboxylic acids is 1. The Morgan fingerprint density at radius 1 is 1.08 bits per heavy atom. The summed E-state index contributed by atoms with van der Waals surface area (Å²) in [5.74, 6) is -3.69. The molecular weight excluding hydrogens is 188 g/mol. The van der Waals surface area contributed by atoms with Crippen molar-refractivity contribution in [1.29, 1.82) is 0 Å².